The Morgan fingerprint density at radius 3 is 1.16 bits per heavy atom. The molecule has 8 unspecified atom stereocenters. The van der Waals surface area contributed by atoms with E-state index in [9.17, 15) is 24.3 Å². The highest BCUT2D eigenvalue weighted by Crippen LogP contribution is 2.50. The molecule has 0 spiro atoms. The summed E-state index contributed by atoms with van der Waals surface area (Å²) in [6.45, 7) is 25.3. The molecule has 10 rings (SSSR count). The minimum absolute atomic E-state index is 0.0308. The first-order chi connectivity index (χ1) is 44.9. The van der Waals surface area contributed by atoms with Gasteiger partial charge in [-0.15, -0.1) is 0 Å². The molecule has 0 bridgehead atoms. The minimum Gasteiger partial charge on any atom is -0.497 e. The van der Waals surface area contributed by atoms with E-state index in [0.717, 1.165) is 44.9 Å². The summed E-state index contributed by atoms with van der Waals surface area (Å²) < 4.78 is 66.2. The van der Waals surface area contributed by atoms with Gasteiger partial charge < -0.3 is 51.9 Å². The van der Waals surface area contributed by atoms with Gasteiger partial charge in [0.1, 0.15) is 64.3 Å². The Kier molecular flexibility index (Phi) is 21.6. The van der Waals surface area contributed by atoms with Crippen molar-refractivity contribution in [2.45, 2.75) is 145 Å². The standard InChI is InChI=1S/C37H46N2O8Si.C37H46N2O7Si/c1-35(2,3)48(7,8)47-32-30(46-33(36(32,4)42)39-23-22-31(40)38-34(39)41)24-45-37(25-12-10-9-11-13-25,26-14-18-28(43-5)19-15-26)27-16-20-29(44-6)21-17-27;1-25-33(46-47(7,8)36(2,3)4)31(45-34(25)39-23-22-32(40)38-35(39)41)24-44-37(26-12-10-9-11-13-26,27-14-18-29(42-5)19-15-27)28-16-20-30(43-6)21-17-28/h9-23,30,32-33,42H,24H2,1-8H3,(H,38,40,41);9-23,25,31,33-34H,24H2,1-8H3,(H,38,40,41). The lowest BCUT2D eigenvalue weighted by Crippen LogP contribution is -2.55. The summed E-state index contributed by atoms with van der Waals surface area (Å²) in [6, 6.07) is 53.7. The van der Waals surface area contributed by atoms with Crippen LogP contribution < -0.4 is 41.4 Å². The van der Waals surface area contributed by atoms with E-state index < -0.39 is 86.7 Å². The molecular formula is C74H92N4O15Si2. The predicted octanol–water partition coefficient (Wildman–Crippen LogP) is 12.1. The second kappa shape index (κ2) is 28.8. The predicted molar refractivity (Wildman–Crippen MR) is 371 cm³/mol. The molecule has 2 aliphatic heterocycles. The van der Waals surface area contributed by atoms with Crippen molar-refractivity contribution in [3.05, 3.63) is 257 Å². The third-order valence-corrected chi connectivity index (χ3v) is 28.3. The molecular weight excluding hydrogens is 1240 g/mol. The van der Waals surface area contributed by atoms with Crippen LogP contribution in [0.5, 0.6) is 23.0 Å². The summed E-state index contributed by atoms with van der Waals surface area (Å²) in [5.41, 5.74) is -0.867. The molecule has 2 fully saturated rings. The van der Waals surface area contributed by atoms with E-state index in [1.54, 1.807) is 35.4 Å². The molecule has 3 N–H and O–H groups in total. The number of hydrogen-bond donors (Lipinski definition) is 3. The topological polar surface area (TPSA) is 222 Å². The third-order valence-electron chi connectivity index (χ3n) is 19.3. The molecule has 506 valence electrons. The molecule has 4 heterocycles. The number of benzene rings is 6. The fourth-order valence-corrected chi connectivity index (χ4v) is 14.7. The van der Waals surface area contributed by atoms with Crippen LogP contribution in [0.4, 0.5) is 0 Å². The summed E-state index contributed by atoms with van der Waals surface area (Å²) in [4.78, 5) is 54.4. The van der Waals surface area contributed by atoms with Crippen LogP contribution in [0.1, 0.15) is 101 Å². The van der Waals surface area contributed by atoms with Crippen LogP contribution in [0.25, 0.3) is 0 Å². The van der Waals surface area contributed by atoms with Gasteiger partial charge in [-0.2, -0.15) is 0 Å². The number of methoxy groups -OCH3 is 4. The van der Waals surface area contributed by atoms with E-state index in [4.69, 9.17) is 46.7 Å². The summed E-state index contributed by atoms with van der Waals surface area (Å²) in [6.07, 6.45) is -1.66. The first-order valence-corrected chi connectivity index (χ1v) is 37.7. The second-order valence-corrected chi connectivity index (χ2v) is 37.0. The van der Waals surface area contributed by atoms with Gasteiger partial charge in [-0.05, 0) is 125 Å². The Bertz CT molecular complexity index is 3970. The van der Waals surface area contributed by atoms with Crippen LogP contribution in [0.15, 0.2) is 201 Å². The van der Waals surface area contributed by atoms with E-state index in [1.807, 2.05) is 153 Å². The molecule has 8 atom stereocenters. The Balaban J connectivity index is 0.000000223. The number of nitrogens with one attached hydrogen (secondary N) is 2. The third kappa shape index (κ3) is 14.9. The number of aromatic nitrogens is 4. The number of nitrogens with zero attached hydrogens (tertiary/aromatic N) is 2. The highest BCUT2D eigenvalue weighted by molar-refractivity contribution is 6.74. The Hall–Kier alpha value is -7.97. The van der Waals surface area contributed by atoms with E-state index in [0.29, 0.717) is 11.5 Å². The second-order valence-electron chi connectivity index (χ2n) is 27.5. The van der Waals surface area contributed by atoms with Crippen molar-refractivity contribution in [3.63, 3.8) is 0 Å². The summed E-state index contributed by atoms with van der Waals surface area (Å²) >= 11 is 0. The average Bonchev–Trinajstić information content (AvgIpc) is 1.74. The maximum Gasteiger partial charge on any atom is 0.330 e. The van der Waals surface area contributed by atoms with Crippen molar-refractivity contribution >= 4 is 16.6 Å². The Morgan fingerprint density at radius 2 is 0.811 bits per heavy atom. The van der Waals surface area contributed by atoms with Crippen molar-refractivity contribution in [1.82, 2.24) is 19.1 Å². The molecule has 0 amide bonds. The Morgan fingerprint density at radius 1 is 0.474 bits per heavy atom. The zero-order valence-electron chi connectivity index (χ0n) is 57.3. The Labute approximate surface area is 558 Å². The molecule has 0 saturated carbocycles. The van der Waals surface area contributed by atoms with Crippen LogP contribution in [0.2, 0.25) is 36.3 Å². The van der Waals surface area contributed by atoms with E-state index in [-0.39, 0.29) is 35.3 Å². The fraction of sp³-hybridized carbons (Fsp3) is 0.405. The van der Waals surface area contributed by atoms with Crippen molar-refractivity contribution < 1.29 is 51.9 Å². The number of ether oxygens (including phenoxy) is 8. The molecule has 2 saturated heterocycles. The summed E-state index contributed by atoms with van der Waals surface area (Å²) in [5, 5.41) is 11.9. The van der Waals surface area contributed by atoms with Gasteiger partial charge in [0, 0.05) is 30.4 Å². The monoisotopic (exact) mass is 1330 g/mol. The van der Waals surface area contributed by atoms with Crippen LogP contribution in [-0.2, 0) is 39.0 Å². The van der Waals surface area contributed by atoms with Gasteiger partial charge in [-0.1, -0.05) is 158 Å². The first-order valence-electron chi connectivity index (χ1n) is 31.9. The fourth-order valence-electron chi connectivity index (χ4n) is 11.9. The number of rotatable bonds is 22. The zero-order chi connectivity index (χ0) is 68.9. The SMILES string of the molecule is COc1ccc(C(OCC2OC(n3ccc(=O)[nH]c3=O)C(C)(O)C2O[Si](C)(C)C(C)(C)C)(c2ccccc2)c2ccc(OC)cc2)cc1.COc1ccc(C(OCC2OC(n3ccc(=O)[nH]c3=O)C(C)C2O[Si](C)(C)C(C)(C)C)(c2ccccc2)c2ccc(OC)cc2)cc1. The quantitative estimate of drug-likeness (QED) is 0.0424. The molecule has 95 heavy (non-hydrogen) atoms. The molecule has 2 aromatic heterocycles. The highest BCUT2D eigenvalue weighted by Gasteiger charge is 2.58. The smallest absolute Gasteiger partial charge is 0.330 e. The maximum absolute atomic E-state index is 13.0. The largest absolute Gasteiger partial charge is 0.497 e. The number of H-pyrrole nitrogens is 2. The summed E-state index contributed by atoms with van der Waals surface area (Å²) in [5.74, 6) is 2.63. The lowest BCUT2D eigenvalue weighted by atomic mass is 9.80. The van der Waals surface area contributed by atoms with Crippen molar-refractivity contribution in [2.75, 3.05) is 41.7 Å². The van der Waals surface area contributed by atoms with E-state index in [2.05, 4.69) is 89.8 Å². The summed E-state index contributed by atoms with van der Waals surface area (Å²) in [7, 11) is 1.71. The van der Waals surface area contributed by atoms with Crippen LogP contribution in [0, 0.1) is 5.92 Å². The molecule has 2 aliphatic rings. The van der Waals surface area contributed by atoms with Crippen molar-refractivity contribution in [1.29, 1.82) is 0 Å². The maximum atomic E-state index is 13.0. The van der Waals surface area contributed by atoms with Gasteiger partial charge in [-0.3, -0.25) is 28.7 Å². The van der Waals surface area contributed by atoms with Gasteiger partial charge in [0.25, 0.3) is 11.1 Å². The van der Waals surface area contributed by atoms with Gasteiger partial charge in [0.15, 0.2) is 22.9 Å². The highest BCUT2D eigenvalue weighted by atomic mass is 28.4. The van der Waals surface area contributed by atoms with Gasteiger partial charge >= 0.3 is 11.4 Å². The van der Waals surface area contributed by atoms with E-state index in [1.165, 1.54) is 33.7 Å². The van der Waals surface area contributed by atoms with Crippen LogP contribution >= 0.6 is 0 Å². The lowest BCUT2D eigenvalue weighted by molar-refractivity contribution is -0.106. The number of aromatic amines is 2. The normalized spacial score (nSPS) is 21.0. The zero-order valence-corrected chi connectivity index (χ0v) is 59.3. The van der Waals surface area contributed by atoms with Crippen molar-refractivity contribution in [3.8, 4) is 23.0 Å². The van der Waals surface area contributed by atoms with Gasteiger partial charge in [0.2, 0.25) is 0 Å². The number of aliphatic hydroxyl groups is 1. The lowest BCUT2D eigenvalue weighted by Gasteiger charge is -2.43. The minimum atomic E-state index is -2.51. The average molecular weight is 1330 g/mol. The van der Waals surface area contributed by atoms with Gasteiger partial charge in [-0.25, -0.2) is 9.59 Å². The molecule has 6 aromatic carbocycles. The van der Waals surface area contributed by atoms with Gasteiger partial charge in [0.05, 0.1) is 47.8 Å². The van der Waals surface area contributed by atoms with Crippen molar-refractivity contribution in [2.24, 2.45) is 5.92 Å². The molecule has 0 radical (unpaired) electrons. The molecule has 0 aliphatic carbocycles. The van der Waals surface area contributed by atoms with E-state index >= 15 is 0 Å². The molecule has 21 heteroatoms. The molecule has 8 aromatic rings. The molecule has 19 nitrogen and oxygen atoms in total. The van der Waals surface area contributed by atoms with Crippen LogP contribution in [-0.4, -0.2) is 113 Å². The number of hydrogen-bond acceptors (Lipinski definition) is 15. The van der Waals surface area contributed by atoms with Crippen LogP contribution in [0.3, 0.4) is 0 Å². The first kappa shape index (κ1) is 71.3.